The molecule has 4 nitrogen and oxygen atoms in total. The minimum atomic E-state index is 0.0331. The number of pyridine rings is 1. The van der Waals surface area contributed by atoms with Gasteiger partial charge in [-0.25, -0.2) is 0 Å². The van der Waals surface area contributed by atoms with Gasteiger partial charge in [-0.05, 0) is 95.4 Å². The van der Waals surface area contributed by atoms with Gasteiger partial charge < -0.3 is 9.13 Å². The zero-order valence-corrected chi connectivity index (χ0v) is 32.9. The third-order valence-electron chi connectivity index (χ3n) is 12.9. The normalized spacial score (nSPS) is 12.4. The Morgan fingerprint density at radius 3 is 1.70 bits per heavy atom. The predicted octanol–water partition coefficient (Wildman–Crippen LogP) is 14.4. The van der Waals surface area contributed by atoms with Crippen molar-refractivity contribution in [3.05, 3.63) is 198 Å². The second-order valence-corrected chi connectivity index (χ2v) is 17.1. The fourth-order valence-electron chi connectivity index (χ4n) is 10.4. The van der Waals surface area contributed by atoms with Gasteiger partial charge in [-0.2, -0.15) is 0 Å². The average molecular weight is 782 g/mol. The van der Waals surface area contributed by atoms with Gasteiger partial charge in [0.05, 0.1) is 38.8 Å². The van der Waals surface area contributed by atoms with Gasteiger partial charge in [-0.3, -0.25) is 9.20 Å². The SMILES string of the molecule is O=c1c2ccccc2c2cc(-c3ccc4c(c3)sc3cccc(-n5c6ccccc6c6cc7c8ccccc8n(-c8ccccc8)c7cc65)c34)cc3c4ccccc4n1c23. The van der Waals surface area contributed by atoms with Crippen molar-refractivity contribution in [2.45, 2.75) is 0 Å². The van der Waals surface area contributed by atoms with Gasteiger partial charge in [-0.15, -0.1) is 11.3 Å². The topological polar surface area (TPSA) is 31.3 Å². The van der Waals surface area contributed by atoms with Crippen LogP contribution < -0.4 is 5.56 Å². The Hall–Kier alpha value is -7.73. The summed E-state index contributed by atoms with van der Waals surface area (Å²) in [7, 11) is 0. The lowest BCUT2D eigenvalue weighted by Crippen LogP contribution is -2.12. The van der Waals surface area contributed by atoms with E-state index in [0.29, 0.717) is 0 Å². The van der Waals surface area contributed by atoms with E-state index in [0.717, 1.165) is 54.8 Å². The molecule has 14 aromatic rings. The summed E-state index contributed by atoms with van der Waals surface area (Å²) >= 11 is 1.85. The van der Waals surface area contributed by atoms with Crippen molar-refractivity contribution in [2.24, 2.45) is 0 Å². The fourth-order valence-corrected chi connectivity index (χ4v) is 11.6. The molecule has 0 saturated heterocycles. The summed E-state index contributed by atoms with van der Waals surface area (Å²) in [5, 5.41) is 12.5. The zero-order valence-electron chi connectivity index (χ0n) is 32.1. The molecule has 0 spiro atoms. The lowest BCUT2D eigenvalue weighted by atomic mass is 9.97. The van der Waals surface area contributed by atoms with Crippen LogP contribution in [0.1, 0.15) is 0 Å². The standard InChI is InChI=1S/C55H31N3OS/c59-55-39-19-5-4-15-35(39)43-27-33(28-44-38-18-8-11-22-47(38)58(55)54(43)44)32-25-26-40-52(29-32)60-51-24-12-23-48(53(40)51)57-46-21-10-7-17-37(46)42-30-41-36-16-6-9-20-45(36)56(49(41)31-50(42)57)34-13-2-1-3-14-34/h1-31H. The fraction of sp³-hybridized carbons (Fsp3) is 0. The first-order valence-corrected chi connectivity index (χ1v) is 21.2. The van der Waals surface area contributed by atoms with E-state index >= 15 is 0 Å². The number of fused-ring (bicyclic) bond motifs is 14. The summed E-state index contributed by atoms with van der Waals surface area (Å²) in [6.07, 6.45) is 0. The zero-order chi connectivity index (χ0) is 39.2. The summed E-state index contributed by atoms with van der Waals surface area (Å²) < 4.78 is 9.32. The van der Waals surface area contributed by atoms with E-state index in [1.807, 2.05) is 40.0 Å². The summed E-state index contributed by atoms with van der Waals surface area (Å²) in [6.45, 7) is 0. The Kier molecular flexibility index (Phi) is 6.28. The van der Waals surface area contributed by atoms with Crippen LogP contribution >= 0.6 is 11.3 Å². The first-order valence-electron chi connectivity index (χ1n) is 20.4. The van der Waals surface area contributed by atoms with E-state index in [-0.39, 0.29) is 5.56 Å². The highest BCUT2D eigenvalue weighted by atomic mass is 32.1. The molecular weight excluding hydrogens is 751 g/mol. The van der Waals surface area contributed by atoms with Gasteiger partial charge in [0.1, 0.15) is 0 Å². The van der Waals surface area contributed by atoms with Crippen LogP contribution in [0.5, 0.6) is 0 Å². The molecule has 0 amide bonds. The number of rotatable bonds is 3. The highest BCUT2D eigenvalue weighted by molar-refractivity contribution is 7.26. The summed E-state index contributed by atoms with van der Waals surface area (Å²) in [6, 6.07) is 67.8. The van der Waals surface area contributed by atoms with Crippen molar-refractivity contribution in [3.8, 4) is 22.5 Å². The number of hydrogen-bond donors (Lipinski definition) is 0. The molecule has 5 aromatic heterocycles. The molecule has 0 saturated carbocycles. The molecule has 278 valence electrons. The minimum absolute atomic E-state index is 0.0331. The van der Waals surface area contributed by atoms with Crippen LogP contribution in [0.2, 0.25) is 0 Å². The minimum Gasteiger partial charge on any atom is -0.309 e. The quantitative estimate of drug-likeness (QED) is 0.164. The van der Waals surface area contributed by atoms with Gasteiger partial charge in [-0.1, -0.05) is 109 Å². The Morgan fingerprint density at radius 2 is 0.950 bits per heavy atom. The maximum atomic E-state index is 13.9. The van der Waals surface area contributed by atoms with Crippen LogP contribution in [0.25, 0.3) is 124 Å². The van der Waals surface area contributed by atoms with Crippen LogP contribution in [0.3, 0.4) is 0 Å². The lowest BCUT2D eigenvalue weighted by molar-refractivity contribution is 1.17. The smallest absolute Gasteiger partial charge is 0.263 e. The molecule has 0 aliphatic rings. The van der Waals surface area contributed by atoms with E-state index in [1.165, 1.54) is 69.5 Å². The van der Waals surface area contributed by atoms with E-state index in [9.17, 15) is 4.79 Å². The third kappa shape index (κ3) is 4.16. The molecule has 5 heterocycles. The van der Waals surface area contributed by atoms with Crippen molar-refractivity contribution in [1.82, 2.24) is 13.5 Å². The van der Waals surface area contributed by atoms with E-state index in [4.69, 9.17) is 0 Å². The Labute approximate surface area is 345 Å². The molecule has 0 N–H and O–H groups in total. The molecule has 0 atom stereocenters. The van der Waals surface area contributed by atoms with Crippen molar-refractivity contribution < 1.29 is 0 Å². The van der Waals surface area contributed by atoms with Gasteiger partial charge in [0.25, 0.3) is 5.56 Å². The second kappa shape index (κ2) is 11.7. The first-order chi connectivity index (χ1) is 29.7. The number of benzene rings is 9. The molecule has 14 rings (SSSR count). The van der Waals surface area contributed by atoms with Crippen molar-refractivity contribution in [2.75, 3.05) is 0 Å². The predicted molar refractivity (Wildman–Crippen MR) is 254 cm³/mol. The molecule has 0 bridgehead atoms. The molecule has 0 fully saturated rings. The monoisotopic (exact) mass is 781 g/mol. The molecular formula is C55H31N3OS. The van der Waals surface area contributed by atoms with Crippen LogP contribution in [0.4, 0.5) is 0 Å². The van der Waals surface area contributed by atoms with Crippen molar-refractivity contribution >= 4 is 113 Å². The number of nitrogens with zero attached hydrogens (tertiary/aromatic N) is 3. The van der Waals surface area contributed by atoms with Gasteiger partial charge in [0.15, 0.2) is 0 Å². The molecule has 0 aliphatic carbocycles. The van der Waals surface area contributed by atoms with Crippen molar-refractivity contribution in [3.63, 3.8) is 0 Å². The first kappa shape index (κ1) is 32.3. The molecule has 60 heavy (non-hydrogen) atoms. The molecule has 0 aliphatic heterocycles. The number of thiophene rings is 1. The van der Waals surface area contributed by atoms with Crippen LogP contribution in [-0.4, -0.2) is 13.5 Å². The number of hydrogen-bond acceptors (Lipinski definition) is 2. The van der Waals surface area contributed by atoms with E-state index in [1.54, 1.807) is 0 Å². The maximum absolute atomic E-state index is 13.9. The summed E-state index contributed by atoms with van der Waals surface area (Å²) in [4.78, 5) is 13.9. The highest BCUT2D eigenvalue weighted by Gasteiger charge is 2.22. The Balaban J connectivity index is 1.02. The van der Waals surface area contributed by atoms with Gasteiger partial charge in [0.2, 0.25) is 0 Å². The van der Waals surface area contributed by atoms with Crippen LogP contribution in [0.15, 0.2) is 193 Å². The van der Waals surface area contributed by atoms with E-state index in [2.05, 4.69) is 173 Å². The average Bonchev–Trinajstić information content (AvgIpc) is 4.04. The Morgan fingerprint density at radius 1 is 0.350 bits per heavy atom. The summed E-state index contributed by atoms with van der Waals surface area (Å²) in [5.41, 5.74) is 11.4. The van der Waals surface area contributed by atoms with E-state index < -0.39 is 0 Å². The number of aromatic nitrogens is 3. The highest BCUT2D eigenvalue weighted by Crippen LogP contribution is 2.45. The maximum Gasteiger partial charge on any atom is 0.263 e. The molecule has 0 radical (unpaired) electrons. The van der Waals surface area contributed by atoms with Gasteiger partial charge >= 0.3 is 0 Å². The van der Waals surface area contributed by atoms with Crippen LogP contribution in [0, 0.1) is 0 Å². The molecule has 5 heteroatoms. The Bertz CT molecular complexity index is 4200. The third-order valence-corrected chi connectivity index (χ3v) is 14.1. The van der Waals surface area contributed by atoms with Gasteiger partial charge in [0, 0.05) is 68.9 Å². The second-order valence-electron chi connectivity index (χ2n) is 16.0. The molecule has 0 unspecified atom stereocenters. The lowest BCUT2D eigenvalue weighted by Gasteiger charge is -2.12. The number of para-hydroxylation sites is 4. The van der Waals surface area contributed by atoms with Crippen LogP contribution in [-0.2, 0) is 0 Å². The largest absolute Gasteiger partial charge is 0.309 e. The molecule has 9 aromatic carbocycles. The summed E-state index contributed by atoms with van der Waals surface area (Å²) in [5.74, 6) is 0. The van der Waals surface area contributed by atoms with Crippen molar-refractivity contribution in [1.29, 1.82) is 0 Å².